The molecule has 0 saturated carbocycles. The minimum Gasteiger partial charge on any atom is -0.361 e. The van der Waals surface area contributed by atoms with Crippen LogP contribution >= 0.6 is 24.0 Å². The zero-order chi connectivity index (χ0) is 16.8. The van der Waals surface area contributed by atoms with E-state index in [-0.39, 0.29) is 24.0 Å². The summed E-state index contributed by atoms with van der Waals surface area (Å²) in [7, 11) is 3.96. The molecule has 0 aliphatic rings. The lowest BCUT2D eigenvalue weighted by molar-refractivity contribution is 0.392. The third-order valence-corrected chi connectivity index (χ3v) is 3.68. The Morgan fingerprint density at radius 2 is 2.17 bits per heavy atom. The third-order valence-electron chi connectivity index (χ3n) is 3.68. The topological polar surface area (TPSA) is 71.5 Å². The second-order valence-electron chi connectivity index (χ2n) is 5.67. The van der Waals surface area contributed by atoms with Crippen LogP contribution in [-0.4, -0.2) is 45.9 Å². The number of nitrogens with zero attached hydrogens (tertiary/aromatic N) is 5. The lowest BCUT2D eigenvalue weighted by Gasteiger charge is -2.21. The quantitative estimate of drug-likeness (QED) is 0.419. The Morgan fingerprint density at radius 1 is 1.42 bits per heavy atom. The van der Waals surface area contributed by atoms with Crippen molar-refractivity contribution in [2.24, 2.45) is 12.0 Å². The van der Waals surface area contributed by atoms with Gasteiger partial charge in [-0.25, -0.2) is 0 Å². The van der Waals surface area contributed by atoms with Crippen molar-refractivity contribution in [2.75, 3.05) is 20.1 Å². The Hall–Kier alpha value is -1.58. The van der Waals surface area contributed by atoms with Crippen molar-refractivity contribution < 1.29 is 4.52 Å². The van der Waals surface area contributed by atoms with Crippen LogP contribution in [0.15, 0.2) is 21.9 Å². The van der Waals surface area contributed by atoms with Crippen molar-refractivity contribution in [1.82, 2.24) is 25.2 Å². The van der Waals surface area contributed by atoms with Gasteiger partial charge in [0.05, 0.1) is 11.9 Å². The van der Waals surface area contributed by atoms with Gasteiger partial charge in [0, 0.05) is 51.1 Å². The maximum atomic E-state index is 5.20. The van der Waals surface area contributed by atoms with Crippen molar-refractivity contribution in [3.8, 4) is 0 Å². The number of nitrogens with one attached hydrogen (secondary N) is 1. The molecule has 134 valence electrons. The second kappa shape index (κ2) is 9.65. The molecule has 2 rings (SSSR count). The van der Waals surface area contributed by atoms with Crippen LogP contribution < -0.4 is 5.32 Å². The molecule has 0 spiro atoms. The second-order valence-corrected chi connectivity index (χ2v) is 5.67. The van der Waals surface area contributed by atoms with Crippen LogP contribution in [-0.2, 0) is 20.0 Å². The molecule has 1 N–H and O–H groups in total. The fraction of sp³-hybridized carbons (Fsp3) is 0.562. The van der Waals surface area contributed by atoms with E-state index < -0.39 is 0 Å². The van der Waals surface area contributed by atoms with E-state index >= 15 is 0 Å². The monoisotopic (exact) mass is 446 g/mol. The maximum Gasteiger partial charge on any atom is 0.193 e. The number of guanidine groups is 1. The highest BCUT2D eigenvalue weighted by Crippen LogP contribution is 2.12. The first-order valence-electron chi connectivity index (χ1n) is 7.90. The molecule has 0 aromatic carbocycles. The molecule has 0 atom stereocenters. The van der Waals surface area contributed by atoms with Gasteiger partial charge in [0.15, 0.2) is 5.96 Å². The lowest BCUT2D eigenvalue weighted by Crippen LogP contribution is -2.38. The summed E-state index contributed by atoms with van der Waals surface area (Å²) in [6.07, 6.45) is 4.73. The van der Waals surface area contributed by atoms with Crippen molar-refractivity contribution in [1.29, 1.82) is 0 Å². The number of rotatable bonds is 6. The Morgan fingerprint density at radius 3 is 2.71 bits per heavy atom. The van der Waals surface area contributed by atoms with Gasteiger partial charge >= 0.3 is 0 Å². The van der Waals surface area contributed by atoms with Crippen LogP contribution in [0.1, 0.15) is 29.5 Å². The Kier molecular flexibility index (Phi) is 8.23. The lowest BCUT2D eigenvalue weighted by atomic mass is 10.1. The van der Waals surface area contributed by atoms with E-state index in [1.807, 2.05) is 45.0 Å². The molecular formula is C16H27IN6O. The first-order valence-corrected chi connectivity index (χ1v) is 7.90. The predicted octanol–water partition coefficient (Wildman–Crippen LogP) is 2.28. The first kappa shape index (κ1) is 20.5. The van der Waals surface area contributed by atoms with Crippen molar-refractivity contribution in [2.45, 2.75) is 33.7 Å². The molecule has 2 aromatic heterocycles. The molecule has 0 aliphatic heterocycles. The van der Waals surface area contributed by atoms with Gasteiger partial charge < -0.3 is 14.7 Å². The van der Waals surface area contributed by atoms with Crippen molar-refractivity contribution in [3.05, 3.63) is 35.0 Å². The van der Waals surface area contributed by atoms with E-state index in [4.69, 9.17) is 9.52 Å². The minimum atomic E-state index is 0. The predicted molar refractivity (Wildman–Crippen MR) is 106 cm³/mol. The third kappa shape index (κ3) is 5.50. The number of aliphatic imine (C=N–C) groups is 1. The summed E-state index contributed by atoms with van der Waals surface area (Å²) in [5.74, 6) is 1.77. The van der Waals surface area contributed by atoms with Gasteiger partial charge in [-0.3, -0.25) is 9.67 Å². The molecular weight excluding hydrogens is 419 g/mol. The van der Waals surface area contributed by atoms with Gasteiger partial charge in [0.2, 0.25) is 0 Å². The fourth-order valence-corrected chi connectivity index (χ4v) is 2.50. The molecule has 0 saturated heterocycles. The number of hydrogen-bond donors (Lipinski definition) is 1. The molecule has 2 aromatic rings. The zero-order valence-electron chi connectivity index (χ0n) is 15.0. The molecule has 8 heteroatoms. The molecule has 2 heterocycles. The van der Waals surface area contributed by atoms with Crippen LogP contribution in [0, 0.1) is 13.8 Å². The largest absolute Gasteiger partial charge is 0.361 e. The van der Waals surface area contributed by atoms with Gasteiger partial charge in [-0.1, -0.05) is 5.16 Å². The highest BCUT2D eigenvalue weighted by atomic mass is 127. The zero-order valence-corrected chi connectivity index (χ0v) is 17.4. The molecule has 0 fully saturated rings. The van der Waals surface area contributed by atoms with E-state index in [9.17, 15) is 0 Å². The van der Waals surface area contributed by atoms with E-state index in [0.717, 1.165) is 48.1 Å². The number of aromatic nitrogens is 3. The molecule has 0 radical (unpaired) electrons. The highest BCUT2D eigenvalue weighted by Gasteiger charge is 2.10. The Balaban J connectivity index is 0.00000288. The summed E-state index contributed by atoms with van der Waals surface area (Å²) < 4.78 is 7.01. The smallest absolute Gasteiger partial charge is 0.193 e. The average molecular weight is 446 g/mol. The van der Waals surface area contributed by atoms with Crippen LogP contribution in [0.5, 0.6) is 0 Å². The Labute approximate surface area is 160 Å². The normalized spacial score (nSPS) is 11.3. The van der Waals surface area contributed by atoms with E-state index in [2.05, 4.69) is 27.4 Å². The fourth-order valence-electron chi connectivity index (χ4n) is 2.50. The SMILES string of the molecule is CCNC(=NCCc1c(C)noc1C)N(C)Cc1cnn(C)c1.I. The number of aryl methyl sites for hydroxylation is 3. The summed E-state index contributed by atoms with van der Waals surface area (Å²) in [6.45, 7) is 8.28. The van der Waals surface area contributed by atoms with Gasteiger partial charge in [0.25, 0.3) is 0 Å². The van der Waals surface area contributed by atoms with Crippen LogP contribution in [0.2, 0.25) is 0 Å². The van der Waals surface area contributed by atoms with Crippen molar-refractivity contribution >= 4 is 29.9 Å². The molecule has 0 unspecified atom stereocenters. The first-order chi connectivity index (χ1) is 11.0. The van der Waals surface area contributed by atoms with Crippen molar-refractivity contribution in [3.63, 3.8) is 0 Å². The van der Waals surface area contributed by atoms with E-state index in [1.54, 1.807) is 0 Å². The van der Waals surface area contributed by atoms with Gasteiger partial charge in [-0.2, -0.15) is 5.10 Å². The summed E-state index contributed by atoms with van der Waals surface area (Å²) in [5.41, 5.74) is 3.26. The van der Waals surface area contributed by atoms with Gasteiger partial charge in [-0.05, 0) is 27.2 Å². The molecule has 0 amide bonds. The van der Waals surface area contributed by atoms with Gasteiger partial charge in [0.1, 0.15) is 5.76 Å². The van der Waals surface area contributed by atoms with Crippen LogP contribution in [0.4, 0.5) is 0 Å². The van der Waals surface area contributed by atoms with E-state index in [1.165, 1.54) is 0 Å². The maximum absolute atomic E-state index is 5.20. The molecule has 0 aliphatic carbocycles. The highest BCUT2D eigenvalue weighted by molar-refractivity contribution is 14.0. The Bertz CT molecular complexity index is 644. The molecule has 7 nitrogen and oxygen atoms in total. The summed E-state index contributed by atoms with van der Waals surface area (Å²) in [4.78, 5) is 6.81. The van der Waals surface area contributed by atoms with Crippen LogP contribution in [0.3, 0.4) is 0 Å². The molecule has 24 heavy (non-hydrogen) atoms. The minimum absolute atomic E-state index is 0. The average Bonchev–Trinajstić information content (AvgIpc) is 3.05. The van der Waals surface area contributed by atoms with Crippen LogP contribution in [0.25, 0.3) is 0 Å². The summed E-state index contributed by atoms with van der Waals surface area (Å²) in [6, 6.07) is 0. The number of hydrogen-bond acceptors (Lipinski definition) is 4. The van der Waals surface area contributed by atoms with E-state index in [0.29, 0.717) is 6.54 Å². The van der Waals surface area contributed by atoms with Gasteiger partial charge in [-0.15, -0.1) is 24.0 Å². The number of halogens is 1. The summed E-state index contributed by atoms with van der Waals surface area (Å²) >= 11 is 0. The summed E-state index contributed by atoms with van der Waals surface area (Å²) in [5, 5.41) is 11.5. The standard InChI is InChI=1S/C16H26N6O.HI/c1-6-17-16(21(4)10-14-9-19-22(5)11-14)18-8-7-15-12(2)20-23-13(15)3;/h9,11H,6-8,10H2,1-5H3,(H,17,18);1H. The molecule has 0 bridgehead atoms.